The molecule has 5 heterocycles. The molecular formula is C33H54N10O15P2Si. The Hall–Kier alpha value is -3.91. The average molecular weight is 921 g/mol. The topological polar surface area (TPSA) is 348 Å². The molecule has 28 heteroatoms. The number of aromatic nitrogens is 6. The molecule has 25 nitrogen and oxygen atoms in total. The van der Waals surface area contributed by atoms with Crippen molar-refractivity contribution in [1.82, 2.24) is 39.7 Å². The van der Waals surface area contributed by atoms with Crippen molar-refractivity contribution in [2.45, 2.75) is 128 Å². The van der Waals surface area contributed by atoms with Crippen LogP contribution in [0.3, 0.4) is 0 Å². The number of imidazole rings is 1. The highest BCUT2D eigenvalue weighted by atomic mass is 31.2. The number of carbonyl (C=O) groups is 2. The van der Waals surface area contributed by atoms with Gasteiger partial charge in [0.15, 0.2) is 26.0 Å². The molecule has 0 radical (unpaired) electrons. The zero-order chi connectivity index (χ0) is 45.5. The first-order valence-electron chi connectivity index (χ1n) is 19.0. The molecule has 2 saturated heterocycles. The van der Waals surface area contributed by atoms with Gasteiger partial charge >= 0.3 is 27.4 Å². The van der Waals surface area contributed by atoms with E-state index >= 15 is 0 Å². The van der Waals surface area contributed by atoms with Gasteiger partial charge in [0.25, 0.3) is 0 Å². The molecule has 5 rings (SSSR count). The Balaban J connectivity index is 1.46. The van der Waals surface area contributed by atoms with Crippen LogP contribution in [-0.4, -0.2) is 119 Å². The molecule has 61 heavy (non-hydrogen) atoms. The van der Waals surface area contributed by atoms with Gasteiger partial charge in [0, 0.05) is 12.6 Å². The van der Waals surface area contributed by atoms with E-state index in [1.54, 1.807) is 20.8 Å². The van der Waals surface area contributed by atoms with Crippen LogP contribution in [-0.2, 0) is 46.1 Å². The van der Waals surface area contributed by atoms with Crippen molar-refractivity contribution in [3.8, 4) is 0 Å². The Kier molecular flexibility index (Phi) is 14.2. The molecule has 0 aromatic carbocycles. The van der Waals surface area contributed by atoms with Crippen molar-refractivity contribution < 1.29 is 65.6 Å². The van der Waals surface area contributed by atoms with Crippen molar-refractivity contribution in [2.24, 2.45) is 0 Å². The summed E-state index contributed by atoms with van der Waals surface area (Å²) < 4.78 is 68.0. The molecule has 9 atom stereocenters. The second kappa shape index (κ2) is 18.1. The lowest BCUT2D eigenvalue weighted by Gasteiger charge is -2.41. The van der Waals surface area contributed by atoms with E-state index in [4.69, 9.17) is 39.2 Å². The predicted molar refractivity (Wildman–Crippen MR) is 217 cm³/mol. The highest BCUT2D eigenvalue weighted by molar-refractivity contribution is 7.47. The van der Waals surface area contributed by atoms with Gasteiger partial charge in [-0.3, -0.25) is 27.5 Å². The number of rotatable bonds is 15. The van der Waals surface area contributed by atoms with E-state index in [2.05, 4.69) is 35.1 Å². The summed E-state index contributed by atoms with van der Waals surface area (Å²) in [6.07, 6.45) is -4.80. The molecule has 1 unspecified atom stereocenters. The van der Waals surface area contributed by atoms with Crippen LogP contribution < -0.4 is 27.8 Å². The number of phosphoric ester groups is 2. The maximum Gasteiger partial charge on any atom is 0.472 e. The van der Waals surface area contributed by atoms with Crippen LogP contribution in [0.4, 0.5) is 16.4 Å². The number of amides is 2. The van der Waals surface area contributed by atoms with Gasteiger partial charge in [0.2, 0.25) is 5.91 Å². The van der Waals surface area contributed by atoms with E-state index in [1.165, 1.54) is 36.4 Å². The van der Waals surface area contributed by atoms with Crippen LogP contribution in [0.5, 0.6) is 0 Å². The van der Waals surface area contributed by atoms with Crippen molar-refractivity contribution in [1.29, 1.82) is 0 Å². The summed E-state index contributed by atoms with van der Waals surface area (Å²) in [5.41, 5.74) is 10.4. The molecule has 9 N–H and O–H groups in total. The molecule has 3 aromatic heterocycles. The van der Waals surface area contributed by atoms with Crippen LogP contribution >= 0.6 is 15.6 Å². The number of nitrogens with two attached hydrogens (primary N) is 2. The molecule has 0 bridgehead atoms. The quantitative estimate of drug-likeness (QED) is 0.0844. The number of phosphoric acid groups is 2. The number of nitrogen functional groups attached to an aromatic ring is 2. The first-order chi connectivity index (χ1) is 28.0. The van der Waals surface area contributed by atoms with Gasteiger partial charge in [-0.1, -0.05) is 20.8 Å². The molecule has 340 valence electrons. The molecule has 0 saturated carbocycles. The fourth-order valence-electron chi connectivity index (χ4n) is 6.14. The summed E-state index contributed by atoms with van der Waals surface area (Å²) >= 11 is 0. The Morgan fingerprint density at radius 1 is 1.02 bits per heavy atom. The Labute approximate surface area is 351 Å². The van der Waals surface area contributed by atoms with Gasteiger partial charge in [-0.25, -0.2) is 33.7 Å². The standard InChI is InChI=1S/C33H54N10O15P2Si/c1-17(39-31(46)56-32(2,3)4)28(44)41-23-25(58-61(8,9)33(5,6)7)20(55-29(23)43-16-38-24-26(35)36-15-37-27(24)43)14-53-60(50,51)57-18-12-22(42-11-10-21(34)40-30(42)45)54-19(18)13-52-59(47,48)49/h10-11,15-20,22-23,25,29H,12-14H2,1-9H3,(H,39,46)(H,41,44)(H,50,51)(H2,34,40,45)(H2,35,36,37)(H2,47,48,49)/t17-,18-,19+,20+,22+,23+,25+,29+/m0/s1. The number of alkyl carbamates (subject to hydrolysis) is 1. The normalized spacial score (nSPS) is 25.3. The smallest absolute Gasteiger partial charge is 0.444 e. The predicted octanol–water partition coefficient (Wildman–Crippen LogP) is 1.83. The van der Waals surface area contributed by atoms with E-state index in [1.807, 2.05) is 33.9 Å². The third kappa shape index (κ3) is 12.2. The number of hydrogen-bond acceptors (Lipinski definition) is 18. The van der Waals surface area contributed by atoms with E-state index in [9.17, 15) is 38.2 Å². The van der Waals surface area contributed by atoms with Gasteiger partial charge in [0.1, 0.15) is 59.9 Å². The summed E-state index contributed by atoms with van der Waals surface area (Å²) in [5, 5.41) is 5.03. The first kappa shape index (κ1) is 48.1. The number of hydrogen-bond donors (Lipinski definition) is 7. The van der Waals surface area contributed by atoms with E-state index in [-0.39, 0.29) is 29.2 Å². The Morgan fingerprint density at radius 2 is 1.69 bits per heavy atom. The number of fused-ring (bicyclic) bond motifs is 1. The summed E-state index contributed by atoms with van der Waals surface area (Å²) in [7, 11) is -13.0. The van der Waals surface area contributed by atoms with Crippen LogP contribution in [0.15, 0.2) is 29.7 Å². The third-order valence-electron chi connectivity index (χ3n) is 10.1. The molecule has 0 aliphatic carbocycles. The van der Waals surface area contributed by atoms with Crippen LogP contribution in [0.25, 0.3) is 11.2 Å². The largest absolute Gasteiger partial charge is 0.472 e. The van der Waals surface area contributed by atoms with E-state index < -0.39 is 114 Å². The number of nitrogens with zero attached hydrogens (tertiary/aromatic N) is 6. The minimum atomic E-state index is -5.15. The summed E-state index contributed by atoms with van der Waals surface area (Å²) in [4.78, 5) is 85.3. The average Bonchev–Trinajstić information content (AvgIpc) is 3.80. The molecule has 3 aromatic rings. The minimum absolute atomic E-state index is 0.0602. The lowest BCUT2D eigenvalue weighted by molar-refractivity contribution is -0.124. The SMILES string of the molecule is C[C@H](NC(=O)OC(C)(C)C)C(=O)N[C@@H]1[C@H](O[Si](C)(C)C(C)(C)C)[C@@H](COP(=O)(O)O[C@H]2C[C@H](n3ccc(N)nc3=O)O[C@@H]2COP(=O)(O)O)O[C@H]1n1cnc2c(N)ncnc21. The van der Waals surface area contributed by atoms with Crippen LogP contribution in [0, 0.1) is 0 Å². The Morgan fingerprint density at radius 3 is 2.31 bits per heavy atom. The van der Waals surface area contributed by atoms with Gasteiger partial charge in [0.05, 0.1) is 25.6 Å². The fraction of sp³-hybridized carbons (Fsp3) is 0.667. The molecule has 2 aliphatic rings. The monoisotopic (exact) mass is 920 g/mol. The summed E-state index contributed by atoms with van der Waals surface area (Å²) in [6, 6.07) is -0.932. The number of carbonyl (C=O) groups excluding carboxylic acids is 2. The molecule has 0 spiro atoms. The second-order valence-corrected chi connectivity index (χ2v) is 24.4. The minimum Gasteiger partial charge on any atom is -0.444 e. The highest BCUT2D eigenvalue weighted by Crippen LogP contribution is 2.50. The fourth-order valence-corrected chi connectivity index (χ4v) is 8.77. The number of ether oxygens (including phenoxy) is 3. The molecule has 2 amide bonds. The molecule has 2 aliphatic heterocycles. The van der Waals surface area contributed by atoms with Crippen molar-refractivity contribution in [3.63, 3.8) is 0 Å². The third-order valence-corrected chi connectivity index (χ3v) is 16.1. The van der Waals surface area contributed by atoms with Crippen LogP contribution in [0.2, 0.25) is 18.1 Å². The molecule has 2 fully saturated rings. The van der Waals surface area contributed by atoms with Gasteiger partial charge in [-0.2, -0.15) is 4.98 Å². The summed E-state index contributed by atoms with van der Waals surface area (Å²) in [6.45, 7) is 14.8. The van der Waals surface area contributed by atoms with Crippen molar-refractivity contribution >= 4 is 58.8 Å². The number of anilines is 2. The Bertz CT molecular complexity index is 2230. The van der Waals surface area contributed by atoms with Crippen LogP contribution in [0.1, 0.15) is 67.3 Å². The van der Waals surface area contributed by atoms with Crippen molar-refractivity contribution in [3.05, 3.63) is 35.4 Å². The van der Waals surface area contributed by atoms with Crippen molar-refractivity contribution in [2.75, 3.05) is 24.7 Å². The number of nitrogens with one attached hydrogen (secondary N) is 2. The second-order valence-electron chi connectivity index (χ2n) is 17.0. The lowest BCUT2D eigenvalue weighted by Crippen LogP contribution is -2.57. The summed E-state index contributed by atoms with van der Waals surface area (Å²) in [5.74, 6) is -0.689. The van der Waals surface area contributed by atoms with E-state index in [0.717, 1.165) is 4.57 Å². The zero-order valence-electron chi connectivity index (χ0n) is 35.0. The highest BCUT2D eigenvalue weighted by Gasteiger charge is 2.53. The van der Waals surface area contributed by atoms with Gasteiger partial charge in [-0.15, -0.1) is 0 Å². The molecular weight excluding hydrogens is 866 g/mol. The first-order valence-corrected chi connectivity index (χ1v) is 24.9. The van der Waals surface area contributed by atoms with Gasteiger partial charge < -0.3 is 55.4 Å². The van der Waals surface area contributed by atoms with E-state index in [0.29, 0.717) is 0 Å². The zero-order valence-corrected chi connectivity index (χ0v) is 37.8. The maximum absolute atomic E-state index is 13.9. The van der Waals surface area contributed by atoms with Gasteiger partial charge in [-0.05, 0) is 51.9 Å². The maximum atomic E-state index is 13.9. The lowest BCUT2D eigenvalue weighted by atomic mass is 10.1.